The number of benzene rings is 3. The van der Waals surface area contributed by atoms with E-state index in [1.54, 1.807) is 30.3 Å². The topological polar surface area (TPSA) is 114 Å². The SMILES string of the molecule is C[C@]1(C(=O)[O-])[NH2+][C@@H](c2ccccc2O)[C@H]2C(=O)N(c3cccc4ccccc34)C(=O)[C@H]21. The molecular weight excluding hydrogens is 396 g/mol. The molecule has 3 aromatic carbocycles. The van der Waals surface area contributed by atoms with Gasteiger partial charge in [-0.2, -0.15) is 0 Å². The van der Waals surface area contributed by atoms with Gasteiger partial charge in [-0.05, 0) is 30.5 Å². The van der Waals surface area contributed by atoms with Crippen molar-refractivity contribution in [3.63, 3.8) is 0 Å². The molecule has 0 aromatic heterocycles. The Morgan fingerprint density at radius 3 is 2.42 bits per heavy atom. The number of nitrogens with zero attached hydrogens (tertiary/aromatic N) is 1. The normalized spacial score (nSPS) is 27.6. The van der Waals surface area contributed by atoms with E-state index in [0.717, 1.165) is 15.7 Å². The van der Waals surface area contributed by atoms with Crippen LogP contribution in [0.5, 0.6) is 5.75 Å². The molecule has 0 bridgehead atoms. The third kappa shape index (κ3) is 2.60. The van der Waals surface area contributed by atoms with Gasteiger partial charge in [-0.25, -0.2) is 4.90 Å². The summed E-state index contributed by atoms with van der Waals surface area (Å²) in [6.07, 6.45) is 0. The lowest BCUT2D eigenvalue weighted by Crippen LogP contribution is -2.98. The molecule has 2 fully saturated rings. The summed E-state index contributed by atoms with van der Waals surface area (Å²) in [5.74, 6) is -4.56. The van der Waals surface area contributed by atoms with Crippen LogP contribution in [0.3, 0.4) is 0 Å². The van der Waals surface area contributed by atoms with Gasteiger partial charge in [0.05, 0.1) is 11.3 Å². The highest BCUT2D eigenvalue weighted by Crippen LogP contribution is 2.47. The number of aliphatic carboxylic acids is 1. The number of amides is 2. The van der Waals surface area contributed by atoms with Crippen LogP contribution >= 0.6 is 0 Å². The van der Waals surface area contributed by atoms with Crippen molar-refractivity contribution in [3.8, 4) is 5.75 Å². The van der Waals surface area contributed by atoms with Crippen molar-refractivity contribution in [1.29, 1.82) is 0 Å². The Kier molecular flexibility index (Phi) is 4.13. The van der Waals surface area contributed by atoms with Gasteiger partial charge in [-0.15, -0.1) is 0 Å². The number of hydrogen-bond acceptors (Lipinski definition) is 5. The van der Waals surface area contributed by atoms with Gasteiger partial charge in [-0.3, -0.25) is 9.59 Å². The average Bonchev–Trinajstić information content (AvgIpc) is 3.22. The minimum absolute atomic E-state index is 0.0473. The summed E-state index contributed by atoms with van der Waals surface area (Å²) in [6, 6.07) is 18.5. The van der Waals surface area contributed by atoms with Gasteiger partial charge >= 0.3 is 0 Å². The van der Waals surface area contributed by atoms with Crippen LogP contribution in [-0.4, -0.2) is 28.4 Å². The lowest BCUT2D eigenvalue weighted by Gasteiger charge is -2.29. The van der Waals surface area contributed by atoms with Crippen molar-refractivity contribution in [2.75, 3.05) is 4.90 Å². The highest BCUT2D eigenvalue weighted by molar-refractivity contribution is 6.26. The van der Waals surface area contributed by atoms with Crippen molar-refractivity contribution < 1.29 is 29.9 Å². The number of phenols is 1. The van der Waals surface area contributed by atoms with Gasteiger partial charge in [0.2, 0.25) is 11.8 Å². The Bertz CT molecular complexity index is 1250. The second kappa shape index (κ2) is 6.65. The molecule has 0 aliphatic carbocycles. The van der Waals surface area contributed by atoms with E-state index >= 15 is 0 Å². The summed E-state index contributed by atoms with van der Waals surface area (Å²) in [4.78, 5) is 40.5. The maximum Gasteiger partial charge on any atom is 0.244 e. The molecule has 2 heterocycles. The zero-order valence-corrected chi connectivity index (χ0v) is 16.7. The van der Waals surface area contributed by atoms with E-state index in [-0.39, 0.29) is 5.75 Å². The molecule has 7 nitrogen and oxygen atoms in total. The molecule has 2 amide bonds. The van der Waals surface area contributed by atoms with Gasteiger partial charge in [0, 0.05) is 5.39 Å². The van der Waals surface area contributed by atoms with E-state index in [9.17, 15) is 24.6 Å². The van der Waals surface area contributed by atoms with Gasteiger partial charge in [0.1, 0.15) is 35.1 Å². The summed E-state index contributed by atoms with van der Waals surface area (Å²) in [6.45, 7) is 1.41. The zero-order valence-electron chi connectivity index (χ0n) is 16.7. The van der Waals surface area contributed by atoms with Gasteiger partial charge in [0.25, 0.3) is 0 Å². The number of nitrogens with two attached hydrogens (primary N) is 1. The molecule has 5 rings (SSSR count). The van der Waals surface area contributed by atoms with Crippen molar-refractivity contribution in [2.45, 2.75) is 18.5 Å². The number of carboxylic acid groups (broad SMARTS) is 1. The van der Waals surface area contributed by atoms with Crippen molar-refractivity contribution in [2.24, 2.45) is 11.8 Å². The molecule has 31 heavy (non-hydrogen) atoms. The minimum atomic E-state index is -1.65. The Hall–Kier alpha value is -3.71. The fourth-order valence-corrected chi connectivity index (χ4v) is 5.15. The third-order valence-corrected chi connectivity index (χ3v) is 6.65. The van der Waals surface area contributed by atoms with E-state index in [4.69, 9.17) is 0 Å². The molecular formula is C24H20N2O5. The molecule has 3 N–H and O–H groups in total. The van der Waals surface area contributed by atoms with E-state index in [1.165, 1.54) is 18.3 Å². The quantitative estimate of drug-likeness (QED) is 0.603. The lowest BCUT2D eigenvalue weighted by molar-refractivity contribution is -0.735. The Labute approximate surface area is 177 Å². The number of rotatable bonds is 3. The van der Waals surface area contributed by atoms with Crippen LogP contribution in [0, 0.1) is 11.8 Å². The Morgan fingerprint density at radius 1 is 1.00 bits per heavy atom. The fourth-order valence-electron chi connectivity index (χ4n) is 5.15. The zero-order chi connectivity index (χ0) is 21.9. The molecule has 3 aromatic rings. The van der Waals surface area contributed by atoms with E-state index in [0.29, 0.717) is 11.3 Å². The van der Waals surface area contributed by atoms with Gasteiger partial charge < -0.3 is 20.3 Å². The highest BCUT2D eigenvalue weighted by Gasteiger charge is 2.68. The molecule has 4 atom stereocenters. The first kappa shape index (κ1) is 19.3. The smallest absolute Gasteiger partial charge is 0.244 e. The van der Waals surface area contributed by atoms with E-state index in [1.807, 2.05) is 30.3 Å². The molecule has 0 saturated carbocycles. The van der Waals surface area contributed by atoms with Crippen LogP contribution in [0.4, 0.5) is 5.69 Å². The first-order valence-electron chi connectivity index (χ1n) is 10.1. The number of carboxylic acids is 1. The number of imide groups is 1. The first-order chi connectivity index (χ1) is 14.8. The van der Waals surface area contributed by atoms with Crippen molar-refractivity contribution >= 4 is 34.2 Å². The maximum absolute atomic E-state index is 13.6. The monoisotopic (exact) mass is 416 g/mol. The molecule has 0 unspecified atom stereocenters. The van der Waals surface area contributed by atoms with Crippen LogP contribution in [0.15, 0.2) is 66.7 Å². The highest BCUT2D eigenvalue weighted by atomic mass is 16.4. The molecule has 2 aliphatic heterocycles. The second-order valence-electron chi connectivity index (χ2n) is 8.34. The summed E-state index contributed by atoms with van der Waals surface area (Å²) in [7, 11) is 0. The van der Waals surface area contributed by atoms with Gasteiger partial charge in [-0.1, -0.05) is 48.5 Å². The number of quaternary nitrogens is 1. The predicted molar refractivity (Wildman–Crippen MR) is 110 cm³/mol. The molecule has 2 saturated heterocycles. The molecule has 0 radical (unpaired) electrons. The molecule has 7 heteroatoms. The Balaban J connectivity index is 1.68. The maximum atomic E-state index is 13.6. The summed E-state index contributed by atoms with van der Waals surface area (Å²) >= 11 is 0. The van der Waals surface area contributed by atoms with Crippen molar-refractivity contribution in [1.82, 2.24) is 0 Å². The van der Waals surface area contributed by atoms with E-state index in [2.05, 4.69) is 0 Å². The first-order valence-corrected chi connectivity index (χ1v) is 10.1. The molecule has 2 aliphatic rings. The minimum Gasteiger partial charge on any atom is -0.544 e. The number of carbonyl (C=O) groups excluding carboxylic acids is 3. The Morgan fingerprint density at radius 2 is 1.68 bits per heavy atom. The second-order valence-corrected chi connectivity index (χ2v) is 8.34. The number of hydrogen-bond donors (Lipinski definition) is 2. The average molecular weight is 416 g/mol. The van der Waals surface area contributed by atoms with Crippen LogP contribution in [0.2, 0.25) is 0 Å². The number of anilines is 1. The van der Waals surface area contributed by atoms with Crippen LogP contribution < -0.4 is 15.3 Å². The molecule has 156 valence electrons. The van der Waals surface area contributed by atoms with E-state index < -0.39 is 41.2 Å². The number of carbonyl (C=O) groups is 3. The largest absolute Gasteiger partial charge is 0.544 e. The molecule has 0 spiro atoms. The van der Waals surface area contributed by atoms with Crippen molar-refractivity contribution in [3.05, 3.63) is 72.3 Å². The lowest BCUT2D eigenvalue weighted by atomic mass is 9.80. The standard InChI is InChI=1S/C24H20N2O5/c1-24(23(30)31)19-18(20(25-24)15-10-4-5-12-17(15)27)21(28)26(22(19)29)16-11-6-8-13-7-2-3-9-14(13)16/h2-12,18-20,25,27H,1H3,(H,30,31)/t18-,19-,20-,24-/m0/s1. The van der Waals surface area contributed by atoms with Crippen LogP contribution in [0.25, 0.3) is 10.8 Å². The summed E-state index contributed by atoms with van der Waals surface area (Å²) < 4.78 is 0. The van der Waals surface area contributed by atoms with Crippen LogP contribution in [0.1, 0.15) is 18.5 Å². The summed E-state index contributed by atoms with van der Waals surface area (Å²) in [5.41, 5.74) is -0.799. The summed E-state index contributed by atoms with van der Waals surface area (Å²) in [5, 5.41) is 25.6. The number of phenolic OH excluding ortho intramolecular Hbond substituents is 1. The van der Waals surface area contributed by atoms with Gasteiger partial charge in [0.15, 0.2) is 0 Å². The van der Waals surface area contributed by atoms with Crippen LogP contribution in [-0.2, 0) is 14.4 Å². The number of aromatic hydroxyl groups is 1. The fraction of sp³-hybridized carbons (Fsp3) is 0.208. The predicted octanol–water partition coefficient (Wildman–Crippen LogP) is 0.478. The third-order valence-electron chi connectivity index (χ3n) is 6.65. The number of fused-ring (bicyclic) bond motifs is 2. The number of para-hydroxylation sites is 1.